The van der Waals surface area contributed by atoms with Gasteiger partial charge in [0, 0.05) is 18.7 Å². The van der Waals surface area contributed by atoms with Gasteiger partial charge in [0.05, 0.1) is 17.3 Å². The summed E-state index contributed by atoms with van der Waals surface area (Å²) < 4.78 is 20.2. The lowest BCUT2D eigenvalue weighted by atomic mass is 10.3. The molecule has 2 aromatic carbocycles. The topological polar surface area (TPSA) is 89.2 Å². The van der Waals surface area contributed by atoms with Crippen molar-refractivity contribution in [3.8, 4) is 0 Å². The first-order valence-corrected chi connectivity index (χ1v) is 9.41. The molecule has 7 nitrogen and oxygen atoms in total. The number of nitrogens with zero attached hydrogens (tertiary/aromatic N) is 2. The van der Waals surface area contributed by atoms with Crippen molar-refractivity contribution in [1.82, 2.24) is 14.9 Å². The number of imidazole rings is 1. The van der Waals surface area contributed by atoms with Gasteiger partial charge < -0.3 is 19.6 Å². The maximum Gasteiger partial charge on any atom is 0.286 e. The number of benzene rings is 2. The summed E-state index contributed by atoms with van der Waals surface area (Å²) in [4.78, 5) is 29.2. The summed E-state index contributed by atoms with van der Waals surface area (Å²) >= 11 is 0. The standard InChI is InChI=1S/C22H19FN4O3/c23-15-5-3-6-16(13-15)25-21(28)14-27-18-8-2-1-7-17(18)26-20(27)10-11-24-22(29)19-9-4-12-30-19/h1-9,12-13H,10-11,14H2,(H,24,29)(H,25,28). The number of hydrogen-bond donors (Lipinski definition) is 2. The molecule has 0 spiro atoms. The van der Waals surface area contributed by atoms with Gasteiger partial charge in [0.1, 0.15) is 18.2 Å². The molecule has 0 saturated carbocycles. The molecule has 0 fully saturated rings. The van der Waals surface area contributed by atoms with Crippen LogP contribution >= 0.6 is 0 Å². The lowest BCUT2D eigenvalue weighted by molar-refractivity contribution is -0.116. The van der Waals surface area contributed by atoms with Crippen molar-refractivity contribution in [2.75, 3.05) is 11.9 Å². The van der Waals surface area contributed by atoms with Gasteiger partial charge in [-0.1, -0.05) is 18.2 Å². The van der Waals surface area contributed by atoms with E-state index >= 15 is 0 Å². The highest BCUT2D eigenvalue weighted by Crippen LogP contribution is 2.17. The van der Waals surface area contributed by atoms with E-state index in [0.717, 1.165) is 11.0 Å². The number of aromatic nitrogens is 2. The number of anilines is 1. The quantitative estimate of drug-likeness (QED) is 0.492. The number of halogens is 1. The molecule has 0 aliphatic carbocycles. The zero-order valence-corrected chi connectivity index (χ0v) is 16.0. The van der Waals surface area contributed by atoms with Crippen molar-refractivity contribution in [3.63, 3.8) is 0 Å². The zero-order chi connectivity index (χ0) is 20.9. The molecule has 2 aromatic heterocycles. The Morgan fingerprint density at radius 3 is 2.73 bits per heavy atom. The highest BCUT2D eigenvalue weighted by molar-refractivity contribution is 5.92. The lowest BCUT2D eigenvalue weighted by Gasteiger charge is -2.10. The monoisotopic (exact) mass is 406 g/mol. The van der Waals surface area contributed by atoms with Gasteiger partial charge in [-0.05, 0) is 42.5 Å². The number of rotatable bonds is 7. The first kappa shape index (κ1) is 19.4. The SMILES string of the molecule is O=C(Cn1c(CCNC(=O)c2ccco2)nc2ccccc21)Nc1cccc(F)c1. The lowest BCUT2D eigenvalue weighted by Crippen LogP contribution is -2.27. The molecule has 0 saturated heterocycles. The maximum absolute atomic E-state index is 13.4. The van der Waals surface area contributed by atoms with Gasteiger partial charge >= 0.3 is 0 Å². The van der Waals surface area contributed by atoms with Gasteiger partial charge in [-0.15, -0.1) is 0 Å². The summed E-state index contributed by atoms with van der Waals surface area (Å²) in [5.74, 6) is -0.145. The number of nitrogens with one attached hydrogen (secondary N) is 2. The van der Waals surface area contributed by atoms with Gasteiger partial charge in [-0.25, -0.2) is 9.37 Å². The van der Waals surface area contributed by atoms with Crippen LogP contribution in [0.15, 0.2) is 71.3 Å². The minimum atomic E-state index is -0.422. The van der Waals surface area contributed by atoms with Crippen LogP contribution in [0.1, 0.15) is 16.4 Å². The number of amides is 2. The molecule has 0 radical (unpaired) electrons. The van der Waals surface area contributed by atoms with Crippen molar-refractivity contribution in [2.45, 2.75) is 13.0 Å². The minimum Gasteiger partial charge on any atom is -0.459 e. The summed E-state index contributed by atoms with van der Waals surface area (Å²) in [5, 5.41) is 5.47. The second-order valence-corrected chi connectivity index (χ2v) is 6.64. The van der Waals surface area contributed by atoms with Crippen LogP contribution in [0.3, 0.4) is 0 Å². The number of fused-ring (bicyclic) bond motifs is 1. The molecule has 30 heavy (non-hydrogen) atoms. The molecule has 2 N–H and O–H groups in total. The third kappa shape index (κ3) is 4.38. The van der Waals surface area contributed by atoms with Crippen LogP contribution < -0.4 is 10.6 Å². The van der Waals surface area contributed by atoms with Crippen LogP contribution in [-0.4, -0.2) is 27.9 Å². The molecule has 0 aliphatic heterocycles. The van der Waals surface area contributed by atoms with Gasteiger partial charge in [-0.3, -0.25) is 9.59 Å². The van der Waals surface area contributed by atoms with Crippen molar-refractivity contribution >= 4 is 28.5 Å². The van der Waals surface area contributed by atoms with Crippen LogP contribution in [0.5, 0.6) is 0 Å². The van der Waals surface area contributed by atoms with Gasteiger partial charge in [0.25, 0.3) is 5.91 Å². The first-order chi connectivity index (χ1) is 14.6. The van der Waals surface area contributed by atoms with E-state index in [4.69, 9.17) is 4.42 Å². The van der Waals surface area contributed by atoms with E-state index in [1.165, 1.54) is 24.5 Å². The Labute approximate surface area is 171 Å². The zero-order valence-electron chi connectivity index (χ0n) is 16.0. The summed E-state index contributed by atoms with van der Waals surface area (Å²) in [7, 11) is 0. The Hall–Kier alpha value is -3.94. The van der Waals surface area contributed by atoms with Crippen LogP contribution in [0.4, 0.5) is 10.1 Å². The van der Waals surface area contributed by atoms with Gasteiger partial charge in [-0.2, -0.15) is 0 Å². The molecule has 8 heteroatoms. The molecule has 4 aromatic rings. The number of furan rings is 1. The summed E-state index contributed by atoms with van der Waals surface area (Å²) in [5.41, 5.74) is 1.94. The largest absolute Gasteiger partial charge is 0.459 e. The summed E-state index contributed by atoms with van der Waals surface area (Å²) in [6.07, 6.45) is 1.86. The molecule has 0 atom stereocenters. The van der Waals surface area contributed by atoms with Gasteiger partial charge in [0.2, 0.25) is 5.91 Å². The fourth-order valence-electron chi connectivity index (χ4n) is 3.19. The third-order valence-electron chi connectivity index (χ3n) is 4.52. The Kier molecular flexibility index (Phi) is 5.56. The predicted molar refractivity (Wildman–Crippen MR) is 110 cm³/mol. The van der Waals surface area contributed by atoms with Crippen molar-refractivity contribution in [2.24, 2.45) is 0 Å². The van der Waals surface area contributed by atoms with Crippen LogP contribution in [0, 0.1) is 5.82 Å². The number of carbonyl (C=O) groups excluding carboxylic acids is 2. The molecule has 0 unspecified atom stereocenters. The van der Waals surface area contributed by atoms with Gasteiger partial charge in [0.15, 0.2) is 5.76 Å². The van der Waals surface area contributed by atoms with Crippen LogP contribution in [0.2, 0.25) is 0 Å². The predicted octanol–water partition coefficient (Wildman–Crippen LogP) is 3.38. The second kappa shape index (κ2) is 8.60. The van der Waals surface area contributed by atoms with E-state index in [0.29, 0.717) is 24.5 Å². The van der Waals surface area contributed by atoms with E-state index in [9.17, 15) is 14.0 Å². The Balaban J connectivity index is 1.48. The first-order valence-electron chi connectivity index (χ1n) is 9.41. The molecular formula is C22H19FN4O3. The van der Waals surface area contributed by atoms with Crippen molar-refractivity contribution in [3.05, 3.63) is 84.3 Å². The van der Waals surface area contributed by atoms with E-state index in [2.05, 4.69) is 15.6 Å². The van der Waals surface area contributed by atoms with Crippen molar-refractivity contribution in [1.29, 1.82) is 0 Å². The van der Waals surface area contributed by atoms with E-state index < -0.39 is 5.82 Å². The second-order valence-electron chi connectivity index (χ2n) is 6.64. The smallest absolute Gasteiger partial charge is 0.286 e. The Bertz CT molecular complexity index is 1180. The summed E-state index contributed by atoms with van der Waals surface area (Å²) in [6, 6.07) is 16.4. The van der Waals surface area contributed by atoms with E-state index in [1.54, 1.807) is 22.8 Å². The van der Waals surface area contributed by atoms with Crippen LogP contribution in [-0.2, 0) is 17.8 Å². The third-order valence-corrected chi connectivity index (χ3v) is 4.52. The highest BCUT2D eigenvalue weighted by atomic mass is 19.1. The Morgan fingerprint density at radius 1 is 1.07 bits per heavy atom. The number of carbonyl (C=O) groups is 2. The molecule has 0 aliphatic rings. The van der Waals surface area contributed by atoms with E-state index in [1.807, 2.05) is 24.3 Å². The fraction of sp³-hybridized carbons (Fsp3) is 0.136. The molecule has 2 amide bonds. The number of para-hydroxylation sites is 2. The fourth-order valence-corrected chi connectivity index (χ4v) is 3.19. The normalized spacial score (nSPS) is 10.8. The highest BCUT2D eigenvalue weighted by Gasteiger charge is 2.15. The van der Waals surface area contributed by atoms with Crippen LogP contribution in [0.25, 0.3) is 11.0 Å². The minimum absolute atomic E-state index is 0.0124. The molecule has 0 bridgehead atoms. The summed E-state index contributed by atoms with van der Waals surface area (Å²) in [6.45, 7) is 0.340. The Morgan fingerprint density at radius 2 is 1.93 bits per heavy atom. The average Bonchev–Trinajstić information content (AvgIpc) is 3.37. The average molecular weight is 406 g/mol. The van der Waals surface area contributed by atoms with Crippen molar-refractivity contribution < 1.29 is 18.4 Å². The molecule has 2 heterocycles. The maximum atomic E-state index is 13.4. The molecule has 152 valence electrons. The molecular weight excluding hydrogens is 387 g/mol. The molecule has 4 rings (SSSR count). The number of hydrogen-bond acceptors (Lipinski definition) is 4. The van der Waals surface area contributed by atoms with E-state index in [-0.39, 0.29) is 24.1 Å².